The fourth-order valence-corrected chi connectivity index (χ4v) is 11.3. The molecule has 68 heavy (non-hydrogen) atoms. The van der Waals surface area contributed by atoms with Crippen molar-refractivity contribution in [2.45, 2.75) is 5.41 Å². The van der Waals surface area contributed by atoms with Gasteiger partial charge in [-0.25, -0.2) is 9.97 Å². The SMILES string of the molecule is c1ccc(-c2cc(-c3ccc4oc5ccccc5c4c3)cc(-c3cc(-c4ccc(-c5cccc6c5-c5ccccc5C65c6ccccc6-c6ccccc65)cc4)nc(-c4ccccc4)n3)c2)cc1. The molecule has 0 saturated carbocycles. The molecule has 1 spiro atoms. The minimum atomic E-state index is -0.391. The summed E-state index contributed by atoms with van der Waals surface area (Å²) >= 11 is 0. The van der Waals surface area contributed by atoms with Crippen molar-refractivity contribution in [2.24, 2.45) is 0 Å². The van der Waals surface area contributed by atoms with E-state index in [-0.39, 0.29) is 0 Å². The van der Waals surface area contributed by atoms with Crippen molar-refractivity contribution in [3.63, 3.8) is 0 Å². The van der Waals surface area contributed by atoms with Crippen molar-refractivity contribution in [3.05, 3.63) is 265 Å². The first-order valence-corrected chi connectivity index (χ1v) is 23.3. The summed E-state index contributed by atoms with van der Waals surface area (Å²) in [6.07, 6.45) is 0. The van der Waals surface area contributed by atoms with Crippen LogP contribution in [0.25, 0.3) is 111 Å². The molecule has 14 rings (SSSR count). The summed E-state index contributed by atoms with van der Waals surface area (Å²) in [6.45, 7) is 0. The van der Waals surface area contributed by atoms with Crippen LogP contribution in [0.4, 0.5) is 0 Å². The van der Waals surface area contributed by atoms with Crippen molar-refractivity contribution in [3.8, 4) is 89.5 Å². The highest BCUT2D eigenvalue weighted by Gasteiger charge is 2.51. The number of hydrogen-bond acceptors (Lipinski definition) is 3. The summed E-state index contributed by atoms with van der Waals surface area (Å²) in [5.74, 6) is 0.681. The standard InChI is InChI=1S/C65H40N2O/c1-3-16-41(17-4-1)46-36-47(45-34-35-62-54(39-45)52-22-10-14-29-61(52)68-62)38-48(37-46)60-40-59(66-64(67-60)44-18-5-2-6-19-44)43-32-30-42(31-33-43)49-24-15-28-58-63(49)53-23-9-13-27-57(53)65(58)55-25-11-7-20-50(55)51-21-8-12-26-56(51)65/h1-40H. The average molecular weight is 865 g/mol. The van der Waals surface area contributed by atoms with Gasteiger partial charge >= 0.3 is 0 Å². The fourth-order valence-electron chi connectivity index (χ4n) is 11.3. The van der Waals surface area contributed by atoms with Gasteiger partial charge in [0, 0.05) is 27.5 Å². The average Bonchev–Trinajstić information content (AvgIpc) is 4.05. The predicted octanol–water partition coefficient (Wildman–Crippen LogP) is 16.7. The second-order valence-electron chi connectivity index (χ2n) is 18.0. The lowest BCUT2D eigenvalue weighted by atomic mass is 9.70. The molecule has 0 fully saturated rings. The Hall–Kier alpha value is -8.92. The lowest BCUT2D eigenvalue weighted by molar-refractivity contribution is 0.669. The number of rotatable bonds is 6. The molecule has 0 saturated heterocycles. The highest BCUT2D eigenvalue weighted by atomic mass is 16.3. The van der Waals surface area contributed by atoms with E-state index in [1.165, 1.54) is 50.1 Å². The molecule has 3 nitrogen and oxygen atoms in total. The Kier molecular flexibility index (Phi) is 8.50. The molecular weight excluding hydrogens is 825 g/mol. The molecule has 3 heteroatoms. The van der Waals surface area contributed by atoms with Crippen LogP contribution >= 0.6 is 0 Å². The molecule has 0 atom stereocenters. The molecule has 316 valence electrons. The fraction of sp³-hybridized carbons (Fsp3) is 0.0154. The number of aromatic nitrogens is 2. The third kappa shape index (κ3) is 5.79. The smallest absolute Gasteiger partial charge is 0.160 e. The normalized spacial score (nSPS) is 12.8. The van der Waals surface area contributed by atoms with E-state index in [2.05, 4.69) is 212 Å². The third-order valence-corrected chi connectivity index (χ3v) is 14.3. The minimum absolute atomic E-state index is 0.391. The van der Waals surface area contributed by atoms with Crippen LogP contribution in [0.15, 0.2) is 247 Å². The van der Waals surface area contributed by atoms with Crippen molar-refractivity contribution >= 4 is 21.9 Å². The molecule has 0 radical (unpaired) electrons. The molecule has 0 bridgehead atoms. The molecule has 0 unspecified atom stereocenters. The number of nitrogens with zero attached hydrogens (tertiary/aromatic N) is 2. The molecule has 0 aliphatic heterocycles. The largest absolute Gasteiger partial charge is 0.456 e. The van der Waals surface area contributed by atoms with Crippen molar-refractivity contribution in [1.29, 1.82) is 0 Å². The number of hydrogen-bond donors (Lipinski definition) is 0. The second-order valence-corrected chi connectivity index (χ2v) is 18.0. The van der Waals surface area contributed by atoms with Crippen LogP contribution in [0.3, 0.4) is 0 Å². The van der Waals surface area contributed by atoms with Gasteiger partial charge in [0.2, 0.25) is 0 Å². The van der Waals surface area contributed by atoms with Gasteiger partial charge in [-0.2, -0.15) is 0 Å². The van der Waals surface area contributed by atoms with Gasteiger partial charge < -0.3 is 4.42 Å². The Bertz CT molecular complexity index is 3910. The molecule has 12 aromatic rings. The second kappa shape index (κ2) is 15.1. The Morgan fingerprint density at radius 3 is 1.50 bits per heavy atom. The van der Waals surface area contributed by atoms with Crippen molar-refractivity contribution in [1.82, 2.24) is 9.97 Å². The van der Waals surface area contributed by atoms with Crippen LogP contribution in [-0.4, -0.2) is 9.97 Å². The Balaban J connectivity index is 0.911. The Morgan fingerprint density at radius 1 is 0.279 bits per heavy atom. The highest BCUT2D eigenvalue weighted by Crippen LogP contribution is 2.64. The Labute approximate surface area is 394 Å². The van der Waals surface area contributed by atoms with Gasteiger partial charge in [0.1, 0.15) is 11.2 Å². The van der Waals surface area contributed by atoms with E-state index in [9.17, 15) is 0 Å². The summed E-state index contributed by atoms with van der Waals surface area (Å²) in [6, 6.07) is 87.5. The zero-order valence-electron chi connectivity index (χ0n) is 36.9. The van der Waals surface area contributed by atoms with Crippen LogP contribution in [-0.2, 0) is 5.41 Å². The first kappa shape index (κ1) is 38.4. The maximum Gasteiger partial charge on any atom is 0.160 e. The first-order chi connectivity index (χ1) is 33.7. The molecule has 2 aliphatic carbocycles. The summed E-state index contributed by atoms with van der Waals surface area (Å²) < 4.78 is 6.23. The molecule has 10 aromatic carbocycles. The van der Waals surface area contributed by atoms with E-state index >= 15 is 0 Å². The zero-order valence-corrected chi connectivity index (χ0v) is 36.9. The number of fused-ring (bicyclic) bond motifs is 13. The van der Waals surface area contributed by atoms with E-state index < -0.39 is 5.41 Å². The monoisotopic (exact) mass is 864 g/mol. The van der Waals surface area contributed by atoms with Crippen molar-refractivity contribution in [2.75, 3.05) is 0 Å². The van der Waals surface area contributed by atoms with E-state index in [0.29, 0.717) is 5.82 Å². The van der Waals surface area contributed by atoms with Crippen LogP contribution in [0.5, 0.6) is 0 Å². The van der Waals surface area contributed by atoms with Crippen molar-refractivity contribution < 1.29 is 4.42 Å². The van der Waals surface area contributed by atoms with E-state index in [1.54, 1.807) is 0 Å². The lowest BCUT2D eigenvalue weighted by Gasteiger charge is -2.30. The molecule has 0 N–H and O–H groups in total. The van der Waals surface area contributed by atoms with Crippen LogP contribution in [0, 0.1) is 0 Å². The van der Waals surface area contributed by atoms with Gasteiger partial charge in [-0.05, 0) is 120 Å². The van der Waals surface area contributed by atoms with Gasteiger partial charge in [0.15, 0.2) is 5.82 Å². The minimum Gasteiger partial charge on any atom is -0.456 e. The van der Waals surface area contributed by atoms with Crippen LogP contribution in [0.1, 0.15) is 22.3 Å². The summed E-state index contributed by atoms with van der Waals surface area (Å²) in [7, 11) is 0. The van der Waals surface area contributed by atoms with Gasteiger partial charge in [-0.15, -0.1) is 0 Å². The third-order valence-electron chi connectivity index (χ3n) is 14.3. The highest BCUT2D eigenvalue weighted by molar-refractivity contribution is 6.06. The predicted molar refractivity (Wildman–Crippen MR) is 278 cm³/mol. The maximum atomic E-state index is 6.23. The van der Waals surface area contributed by atoms with Gasteiger partial charge in [0.25, 0.3) is 0 Å². The Morgan fingerprint density at radius 2 is 0.779 bits per heavy atom. The van der Waals surface area contributed by atoms with Gasteiger partial charge in [-0.1, -0.05) is 200 Å². The lowest BCUT2D eigenvalue weighted by Crippen LogP contribution is -2.25. The first-order valence-electron chi connectivity index (χ1n) is 23.3. The van der Waals surface area contributed by atoms with Crippen LogP contribution < -0.4 is 0 Å². The number of para-hydroxylation sites is 1. The maximum absolute atomic E-state index is 6.23. The number of furan rings is 1. The zero-order chi connectivity index (χ0) is 44.8. The summed E-state index contributed by atoms with van der Waals surface area (Å²) in [5.41, 5.74) is 23.5. The van der Waals surface area contributed by atoms with Gasteiger partial charge in [-0.3, -0.25) is 0 Å². The molecular formula is C65H40N2O. The van der Waals surface area contributed by atoms with Gasteiger partial charge in [0.05, 0.1) is 16.8 Å². The molecule has 2 aromatic heterocycles. The van der Waals surface area contributed by atoms with E-state index in [4.69, 9.17) is 14.4 Å². The van der Waals surface area contributed by atoms with E-state index in [1.807, 2.05) is 30.3 Å². The van der Waals surface area contributed by atoms with E-state index in [0.717, 1.165) is 77.8 Å². The summed E-state index contributed by atoms with van der Waals surface area (Å²) in [4.78, 5) is 10.6. The topological polar surface area (TPSA) is 38.9 Å². The molecule has 2 aliphatic rings. The summed E-state index contributed by atoms with van der Waals surface area (Å²) in [5, 5.41) is 2.21. The quantitative estimate of drug-likeness (QED) is 0.167. The molecule has 0 amide bonds. The number of benzene rings is 10. The van der Waals surface area contributed by atoms with Crippen LogP contribution in [0.2, 0.25) is 0 Å². The molecule has 2 heterocycles.